The number of nitrogens with one attached hydrogen (secondary N) is 1. The number of hydrogen-bond acceptors (Lipinski definition) is 4. The Morgan fingerprint density at radius 3 is 2.77 bits per heavy atom. The number of aromatic nitrogens is 5. The number of hydrogen-bond donors (Lipinski definition) is 1. The van der Waals surface area contributed by atoms with Crippen LogP contribution in [0.4, 0.5) is 0 Å². The minimum absolute atomic E-state index is 0.143. The number of benzene rings is 1. The molecule has 30 heavy (non-hydrogen) atoms. The molecule has 1 amide bonds. The van der Waals surface area contributed by atoms with E-state index in [9.17, 15) is 4.79 Å². The standard InChI is InChI=1S/C23H24N6O/c1-15-13-16(2)29-23(26-15)20(14-25-29)22-24-11-12-28(22)19-8-3-17(4-9-19)5-10-21(30)27-18-6-7-18/h3-4,8-9,11-14,18H,5-7,10H2,1-2H3,(H,27,30). The molecule has 7 heteroatoms. The highest BCUT2D eigenvalue weighted by atomic mass is 16.1. The van der Waals surface area contributed by atoms with Crippen molar-refractivity contribution in [3.63, 3.8) is 0 Å². The molecule has 0 atom stereocenters. The highest BCUT2D eigenvalue weighted by molar-refractivity contribution is 5.77. The quantitative estimate of drug-likeness (QED) is 0.538. The van der Waals surface area contributed by atoms with Crippen molar-refractivity contribution in [1.82, 2.24) is 29.5 Å². The van der Waals surface area contributed by atoms with Gasteiger partial charge in [0.05, 0.1) is 11.8 Å². The minimum Gasteiger partial charge on any atom is -0.353 e. The van der Waals surface area contributed by atoms with Gasteiger partial charge in [-0.25, -0.2) is 14.5 Å². The lowest BCUT2D eigenvalue weighted by molar-refractivity contribution is -0.121. The number of imidazole rings is 1. The molecule has 1 aromatic carbocycles. The van der Waals surface area contributed by atoms with E-state index in [1.807, 2.05) is 41.4 Å². The molecule has 0 unspecified atom stereocenters. The highest BCUT2D eigenvalue weighted by Crippen LogP contribution is 2.26. The normalized spacial score (nSPS) is 13.7. The summed E-state index contributed by atoms with van der Waals surface area (Å²) in [6, 6.07) is 10.7. The van der Waals surface area contributed by atoms with Gasteiger partial charge in [0, 0.05) is 41.9 Å². The molecule has 152 valence electrons. The third kappa shape index (κ3) is 3.58. The van der Waals surface area contributed by atoms with E-state index in [1.165, 1.54) is 0 Å². The summed E-state index contributed by atoms with van der Waals surface area (Å²) in [6.45, 7) is 4.01. The maximum absolute atomic E-state index is 11.9. The van der Waals surface area contributed by atoms with Gasteiger partial charge in [-0.1, -0.05) is 12.1 Å². The smallest absolute Gasteiger partial charge is 0.220 e. The molecule has 1 N–H and O–H groups in total. The van der Waals surface area contributed by atoms with E-state index in [0.717, 1.165) is 58.9 Å². The minimum atomic E-state index is 0.143. The Morgan fingerprint density at radius 1 is 1.20 bits per heavy atom. The van der Waals surface area contributed by atoms with Crippen molar-refractivity contribution in [2.45, 2.75) is 45.6 Å². The van der Waals surface area contributed by atoms with Crippen LogP contribution in [0.25, 0.3) is 22.7 Å². The summed E-state index contributed by atoms with van der Waals surface area (Å²) in [5.41, 5.74) is 5.85. The summed E-state index contributed by atoms with van der Waals surface area (Å²) >= 11 is 0. The van der Waals surface area contributed by atoms with Crippen molar-refractivity contribution >= 4 is 11.6 Å². The van der Waals surface area contributed by atoms with Crippen LogP contribution < -0.4 is 5.32 Å². The van der Waals surface area contributed by atoms with Gasteiger partial charge in [-0.05, 0) is 56.9 Å². The van der Waals surface area contributed by atoms with Gasteiger partial charge in [-0.3, -0.25) is 9.36 Å². The van der Waals surface area contributed by atoms with Gasteiger partial charge in [0.25, 0.3) is 0 Å². The predicted molar refractivity (Wildman–Crippen MR) is 115 cm³/mol. The van der Waals surface area contributed by atoms with E-state index >= 15 is 0 Å². The highest BCUT2D eigenvalue weighted by Gasteiger charge is 2.22. The van der Waals surface area contributed by atoms with Gasteiger partial charge in [0.15, 0.2) is 5.65 Å². The fourth-order valence-corrected chi connectivity index (χ4v) is 3.75. The third-order valence-electron chi connectivity index (χ3n) is 5.46. The molecule has 1 saturated carbocycles. The van der Waals surface area contributed by atoms with Crippen molar-refractivity contribution < 1.29 is 4.79 Å². The van der Waals surface area contributed by atoms with E-state index in [-0.39, 0.29) is 5.91 Å². The summed E-state index contributed by atoms with van der Waals surface area (Å²) in [6.07, 6.45) is 9.06. The molecule has 1 aliphatic rings. The van der Waals surface area contributed by atoms with Crippen molar-refractivity contribution in [3.8, 4) is 17.1 Å². The second-order valence-electron chi connectivity index (χ2n) is 7.96. The SMILES string of the molecule is Cc1cc(C)n2ncc(-c3nccn3-c3ccc(CCC(=O)NC4CC4)cc3)c2n1. The molecule has 1 fully saturated rings. The van der Waals surface area contributed by atoms with Gasteiger partial charge < -0.3 is 5.32 Å². The maximum atomic E-state index is 11.9. The molecule has 5 rings (SSSR count). The summed E-state index contributed by atoms with van der Waals surface area (Å²) in [5, 5.41) is 7.53. The Kier molecular flexibility index (Phi) is 4.58. The van der Waals surface area contributed by atoms with Crippen LogP contribution in [0.2, 0.25) is 0 Å². The lowest BCUT2D eigenvalue weighted by Gasteiger charge is -2.09. The Labute approximate surface area is 174 Å². The van der Waals surface area contributed by atoms with Gasteiger partial charge in [0.1, 0.15) is 5.82 Å². The molecule has 4 aromatic rings. The molecular weight excluding hydrogens is 376 g/mol. The van der Waals surface area contributed by atoms with Crippen molar-refractivity contribution in [2.75, 3.05) is 0 Å². The molecule has 0 saturated heterocycles. The fraction of sp³-hybridized carbons (Fsp3) is 0.304. The number of carbonyl (C=O) groups is 1. The van der Waals surface area contributed by atoms with Gasteiger partial charge in [-0.15, -0.1) is 0 Å². The summed E-state index contributed by atoms with van der Waals surface area (Å²) in [5.74, 6) is 0.948. The van der Waals surface area contributed by atoms with Gasteiger partial charge in [0.2, 0.25) is 5.91 Å². The molecule has 3 heterocycles. The zero-order valence-corrected chi connectivity index (χ0v) is 17.2. The second kappa shape index (κ2) is 7.40. The number of rotatable bonds is 6. The molecule has 3 aromatic heterocycles. The van der Waals surface area contributed by atoms with E-state index in [1.54, 1.807) is 6.20 Å². The van der Waals surface area contributed by atoms with E-state index in [2.05, 4.69) is 44.6 Å². The molecule has 0 aliphatic heterocycles. The Balaban J connectivity index is 1.39. The average Bonchev–Trinajstić information content (AvgIpc) is 3.23. The fourth-order valence-electron chi connectivity index (χ4n) is 3.75. The summed E-state index contributed by atoms with van der Waals surface area (Å²) in [4.78, 5) is 21.2. The Bertz CT molecular complexity index is 1220. The van der Waals surface area contributed by atoms with Crippen LogP contribution in [0.5, 0.6) is 0 Å². The largest absolute Gasteiger partial charge is 0.353 e. The molecular formula is C23H24N6O. The topological polar surface area (TPSA) is 77.1 Å². The number of aryl methyl sites for hydroxylation is 3. The monoisotopic (exact) mass is 400 g/mol. The molecule has 0 radical (unpaired) electrons. The lowest BCUT2D eigenvalue weighted by atomic mass is 10.1. The predicted octanol–water partition coefficient (Wildman–Crippen LogP) is 3.41. The second-order valence-corrected chi connectivity index (χ2v) is 7.96. The number of amides is 1. The maximum Gasteiger partial charge on any atom is 0.220 e. The molecule has 0 spiro atoms. The zero-order valence-electron chi connectivity index (χ0n) is 17.2. The van der Waals surface area contributed by atoms with Gasteiger partial charge >= 0.3 is 0 Å². The van der Waals surface area contributed by atoms with Crippen LogP contribution >= 0.6 is 0 Å². The number of carbonyl (C=O) groups excluding carboxylic acids is 1. The first-order chi connectivity index (χ1) is 14.6. The van der Waals surface area contributed by atoms with E-state index in [4.69, 9.17) is 0 Å². The van der Waals surface area contributed by atoms with Crippen LogP contribution in [-0.4, -0.2) is 36.1 Å². The first kappa shape index (κ1) is 18.5. The van der Waals surface area contributed by atoms with Crippen molar-refractivity contribution in [1.29, 1.82) is 0 Å². The summed E-state index contributed by atoms with van der Waals surface area (Å²) in [7, 11) is 0. The van der Waals surface area contributed by atoms with Crippen molar-refractivity contribution in [2.24, 2.45) is 0 Å². The number of nitrogens with zero attached hydrogens (tertiary/aromatic N) is 5. The van der Waals surface area contributed by atoms with E-state index in [0.29, 0.717) is 12.5 Å². The third-order valence-corrected chi connectivity index (χ3v) is 5.46. The Morgan fingerprint density at radius 2 is 2.00 bits per heavy atom. The van der Waals surface area contributed by atoms with Crippen LogP contribution in [0.3, 0.4) is 0 Å². The Hall–Kier alpha value is -3.48. The molecule has 1 aliphatic carbocycles. The summed E-state index contributed by atoms with van der Waals surface area (Å²) < 4.78 is 3.89. The first-order valence-corrected chi connectivity index (χ1v) is 10.3. The van der Waals surface area contributed by atoms with E-state index < -0.39 is 0 Å². The van der Waals surface area contributed by atoms with Crippen molar-refractivity contribution in [3.05, 3.63) is 65.9 Å². The van der Waals surface area contributed by atoms with Crippen LogP contribution in [0.15, 0.2) is 48.9 Å². The van der Waals surface area contributed by atoms with Crippen LogP contribution in [-0.2, 0) is 11.2 Å². The van der Waals surface area contributed by atoms with Gasteiger partial charge in [-0.2, -0.15) is 5.10 Å². The molecule has 7 nitrogen and oxygen atoms in total. The van der Waals surface area contributed by atoms with Crippen LogP contribution in [0.1, 0.15) is 36.2 Å². The first-order valence-electron chi connectivity index (χ1n) is 10.3. The average molecular weight is 400 g/mol. The number of fused-ring (bicyclic) bond motifs is 1. The van der Waals surface area contributed by atoms with Crippen LogP contribution in [0, 0.1) is 13.8 Å². The molecule has 0 bridgehead atoms. The lowest BCUT2D eigenvalue weighted by Crippen LogP contribution is -2.25. The zero-order chi connectivity index (χ0) is 20.7.